The zero-order valence-electron chi connectivity index (χ0n) is 15.0. The molecular weight excluding hydrogens is 346 g/mol. The molecule has 25 heavy (non-hydrogen) atoms. The van der Waals surface area contributed by atoms with Gasteiger partial charge in [-0.15, -0.1) is 12.4 Å². The molecule has 140 valence electrons. The summed E-state index contributed by atoms with van der Waals surface area (Å²) in [6.45, 7) is 8.23. The van der Waals surface area contributed by atoms with E-state index in [1.807, 2.05) is 20.8 Å². The highest BCUT2D eigenvalue weighted by molar-refractivity contribution is 5.88. The van der Waals surface area contributed by atoms with Crippen molar-refractivity contribution in [2.24, 2.45) is 11.1 Å². The Morgan fingerprint density at radius 1 is 1.48 bits per heavy atom. The van der Waals surface area contributed by atoms with E-state index >= 15 is 0 Å². The highest BCUT2D eigenvalue weighted by Crippen LogP contribution is 2.49. The van der Waals surface area contributed by atoms with Crippen molar-refractivity contribution in [3.8, 4) is 0 Å². The van der Waals surface area contributed by atoms with Crippen molar-refractivity contribution in [1.82, 2.24) is 5.32 Å². The molecule has 2 unspecified atom stereocenters. The smallest absolute Gasteiger partial charge is 0.272 e. The standard InChI is InChI=1S/C17H25N3O4.ClH/c1-5-24-14-9-17(18,16(14,3)4)15(21)19-10-12-7-6-8-13(11(12)2)20(22)23;/h6-8,14H,5,9-10,18H2,1-4H3,(H,19,21);1H. The van der Waals surface area contributed by atoms with Crippen molar-refractivity contribution in [1.29, 1.82) is 0 Å². The first kappa shape index (κ1) is 21.3. The summed E-state index contributed by atoms with van der Waals surface area (Å²) in [6.07, 6.45) is 0.422. The minimum absolute atomic E-state index is 0. The highest BCUT2D eigenvalue weighted by atomic mass is 35.5. The predicted molar refractivity (Wildman–Crippen MR) is 97.7 cm³/mol. The molecule has 8 heteroatoms. The van der Waals surface area contributed by atoms with Crippen LogP contribution in [0.4, 0.5) is 5.69 Å². The van der Waals surface area contributed by atoms with E-state index in [9.17, 15) is 14.9 Å². The molecule has 1 saturated carbocycles. The van der Waals surface area contributed by atoms with E-state index in [2.05, 4.69) is 5.32 Å². The van der Waals surface area contributed by atoms with E-state index in [-0.39, 0.29) is 36.7 Å². The lowest BCUT2D eigenvalue weighted by atomic mass is 9.54. The van der Waals surface area contributed by atoms with E-state index in [0.717, 1.165) is 0 Å². The van der Waals surface area contributed by atoms with E-state index in [1.54, 1.807) is 19.1 Å². The Hall–Kier alpha value is -1.70. The fraction of sp³-hybridized carbons (Fsp3) is 0.588. The number of nitrogens with one attached hydrogen (secondary N) is 1. The van der Waals surface area contributed by atoms with Crippen molar-refractivity contribution in [2.45, 2.75) is 52.3 Å². The van der Waals surface area contributed by atoms with Gasteiger partial charge in [-0.25, -0.2) is 0 Å². The van der Waals surface area contributed by atoms with Gasteiger partial charge in [-0.3, -0.25) is 14.9 Å². The van der Waals surface area contributed by atoms with Gasteiger partial charge >= 0.3 is 0 Å². The van der Waals surface area contributed by atoms with Crippen LogP contribution in [0, 0.1) is 22.5 Å². The van der Waals surface area contributed by atoms with E-state index in [0.29, 0.717) is 24.2 Å². The maximum absolute atomic E-state index is 12.6. The number of rotatable bonds is 6. The second-order valence-corrected chi connectivity index (χ2v) is 6.84. The van der Waals surface area contributed by atoms with Gasteiger partial charge in [0.05, 0.1) is 11.0 Å². The summed E-state index contributed by atoms with van der Waals surface area (Å²) >= 11 is 0. The molecule has 0 bridgehead atoms. The third-order valence-electron chi connectivity index (χ3n) is 5.29. The molecule has 1 aliphatic carbocycles. The molecule has 2 atom stereocenters. The van der Waals surface area contributed by atoms with Crippen LogP contribution < -0.4 is 11.1 Å². The van der Waals surface area contributed by atoms with Gasteiger partial charge in [0.2, 0.25) is 5.91 Å². The van der Waals surface area contributed by atoms with Gasteiger partial charge < -0.3 is 15.8 Å². The number of nitrogens with two attached hydrogens (primary N) is 1. The van der Waals surface area contributed by atoms with Crippen molar-refractivity contribution in [2.75, 3.05) is 6.61 Å². The number of carbonyl (C=O) groups excluding carboxylic acids is 1. The van der Waals surface area contributed by atoms with Crippen LogP contribution in [0.15, 0.2) is 18.2 Å². The van der Waals surface area contributed by atoms with Gasteiger partial charge in [-0.1, -0.05) is 26.0 Å². The molecule has 7 nitrogen and oxygen atoms in total. The quantitative estimate of drug-likeness (QED) is 0.590. The summed E-state index contributed by atoms with van der Waals surface area (Å²) in [6, 6.07) is 4.83. The number of ether oxygens (including phenoxy) is 1. The van der Waals surface area contributed by atoms with E-state index in [4.69, 9.17) is 10.5 Å². The fourth-order valence-electron chi connectivity index (χ4n) is 3.21. The molecule has 0 heterocycles. The third-order valence-corrected chi connectivity index (χ3v) is 5.29. The Morgan fingerprint density at radius 3 is 2.64 bits per heavy atom. The summed E-state index contributed by atoms with van der Waals surface area (Å²) < 4.78 is 5.63. The lowest BCUT2D eigenvalue weighted by Crippen LogP contribution is -2.75. The number of carbonyl (C=O) groups is 1. The number of nitro benzene ring substituents is 1. The van der Waals surface area contributed by atoms with Gasteiger partial charge in [-0.05, 0) is 19.4 Å². The Labute approximate surface area is 153 Å². The predicted octanol–water partition coefficient (Wildman–Crippen LogP) is 2.47. The Balaban J connectivity index is 0.00000312. The molecule has 1 amide bonds. The van der Waals surface area contributed by atoms with Gasteiger partial charge in [0.1, 0.15) is 5.54 Å². The van der Waals surface area contributed by atoms with Crippen molar-refractivity contribution in [3.63, 3.8) is 0 Å². The summed E-state index contributed by atoms with van der Waals surface area (Å²) in [5.41, 5.74) is 6.16. The van der Waals surface area contributed by atoms with Crippen molar-refractivity contribution >= 4 is 24.0 Å². The Kier molecular flexibility index (Phi) is 6.55. The van der Waals surface area contributed by atoms with Gasteiger partial charge in [0, 0.05) is 36.6 Å². The van der Waals surface area contributed by atoms with Crippen LogP contribution in [0.2, 0.25) is 0 Å². The van der Waals surface area contributed by atoms with Crippen LogP contribution in [0.1, 0.15) is 38.3 Å². The van der Waals surface area contributed by atoms with Gasteiger partial charge in [0.25, 0.3) is 5.69 Å². The normalized spacial score (nSPS) is 24.0. The first-order valence-corrected chi connectivity index (χ1v) is 8.06. The number of amides is 1. The Morgan fingerprint density at radius 2 is 2.12 bits per heavy atom. The zero-order valence-corrected chi connectivity index (χ0v) is 15.8. The van der Waals surface area contributed by atoms with Crippen LogP contribution in [-0.2, 0) is 16.1 Å². The topological polar surface area (TPSA) is 107 Å². The molecular formula is C17H26ClN3O4. The van der Waals surface area contributed by atoms with Crippen molar-refractivity contribution in [3.05, 3.63) is 39.4 Å². The maximum atomic E-state index is 12.6. The number of nitro groups is 1. The molecule has 1 aromatic carbocycles. The van der Waals surface area contributed by atoms with Crippen LogP contribution in [0.25, 0.3) is 0 Å². The fourth-order valence-corrected chi connectivity index (χ4v) is 3.21. The van der Waals surface area contributed by atoms with Crippen LogP contribution in [-0.4, -0.2) is 29.1 Å². The maximum Gasteiger partial charge on any atom is 0.272 e. The summed E-state index contributed by atoms with van der Waals surface area (Å²) in [4.78, 5) is 23.2. The molecule has 2 rings (SSSR count). The molecule has 0 saturated heterocycles. The number of benzene rings is 1. The number of halogens is 1. The van der Waals surface area contributed by atoms with Crippen LogP contribution >= 0.6 is 12.4 Å². The molecule has 0 aliphatic heterocycles. The summed E-state index contributed by atoms with van der Waals surface area (Å²) in [7, 11) is 0. The molecule has 3 N–H and O–H groups in total. The summed E-state index contributed by atoms with van der Waals surface area (Å²) in [5, 5.41) is 13.8. The first-order valence-electron chi connectivity index (χ1n) is 8.06. The van der Waals surface area contributed by atoms with Crippen LogP contribution in [0.5, 0.6) is 0 Å². The third kappa shape index (κ3) is 3.63. The molecule has 0 aromatic heterocycles. The SMILES string of the molecule is CCOC1CC(N)(C(=O)NCc2cccc([N+](=O)[O-])c2C)C1(C)C.Cl. The van der Waals surface area contributed by atoms with E-state index in [1.165, 1.54) is 6.07 Å². The number of nitrogens with zero attached hydrogens (tertiary/aromatic N) is 1. The highest BCUT2D eigenvalue weighted by Gasteiger charge is 2.62. The van der Waals surface area contributed by atoms with Crippen molar-refractivity contribution < 1.29 is 14.5 Å². The lowest BCUT2D eigenvalue weighted by molar-refractivity contribution is -0.385. The minimum Gasteiger partial charge on any atom is -0.378 e. The Bertz CT molecular complexity index is 665. The van der Waals surface area contributed by atoms with E-state index < -0.39 is 15.9 Å². The molecule has 1 aliphatic rings. The monoisotopic (exact) mass is 371 g/mol. The molecule has 1 aromatic rings. The largest absolute Gasteiger partial charge is 0.378 e. The van der Waals surface area contributed by atoms with Gasteiger partial charge in [-0.2, -0.15) is 0 Å². The average Bonchev–Trinajstić information content (AvgIpc) is 2.52. The number of hydrogen-bond acceptors (Lipinski definition) is 5. The first-order chi connectivity index (χ1) is 11.1. The minimum atomic E-state index is -0.999. The molecule has 0 radical (unpaired) electrons. The molecule has 1 fully saturated rings. The summed E-state index contributed by atoms with van der Waals surface area (Å²) in [5.74, 6) is -0.255. The second kappa shape index (κ2) is 7.68. The number of hydrogen-bond donors (Lipinski definition) is 2. The van der Waals surface area contributed by atoms with Crippen LogP contribution in [0.3, 0.4) is 0 Å². The molecule has 0 spiro atoms. The van der Waals surface area contributed by atoms with Gasteiger partial charge in [0.15, 0.2) is 0 Å². The lowest BCUT2D eigenvalue weighted by Gasteiger charge is -2.57. The zero-order chi connectivity index (χ0) is 18.1. The average molecular weight is 372 g/mol. The second-order valence-electron chi connectivity index (χ2n) is 6.84.